The third kappa shape index (κ3) is 3.08. The second-order valence-corrected chi connectivity index (χ2v) is 5.32. The fraction of sp³-hybridized carbons (Fsp3) is 0.222. The molecular weight excluding hydrogens is 313 g/mol. The largest absolute Gasteiger partial charge is 0.493 e. The molecule has 0 aromatic heterocycles. The zero-order valence-electron chi connectivity index (χ0n) is 13.1. The van der Waals surface area contributed by atoms with Crippen LogP contribution in [0.1, 0.15) is 16.8 Å². The number of methoxy groups -OCH3 is 1. The number of benzene rings is 2. The molecule has 0 fully saturated rings. The minimum absolute atomic E-state index is 0.164. The fourth-order valence-electron chi connectivity index (χ4n) is 2.65. The van der Waals surface area contributed by atoms with Crippen molar-refractivity contribution in [3.05, 3.63) is 53.8 Å². The minimum Gasteiger partial charge on any atom is -0.493 e. The molecule has 1 aliphatic rings. The summed E-state index contributed by atoms with van der Waals surface area (Å²) in [5, 5.41) is 0. The van der Waals surface area contributed by atoms with Gasteiger partial charge in [-0.2, -0.15) is 0 Å². The molecule has 6 heteroatoms. The molecule has 0 atom stereocenters. The lowest BCUT2D eigenvalue weighted by molar-refractivity contribution is -0.120. The number of fused-ring (bicyclic) bond motifs is 1. The molecule has 2 aromatic rings. The number of rotatable bonds is 4. The Bertz CT molecular complexity index is 790. The highest BCUT2D eigenvalue weighted by molar-refractivity contribution is 6.09. The number of nitrogens with zero attached hydrogens (tertiary/aromatic N) is 1. The zero-order chi connectivity index (χ0) is 17.1. The van der Waals surface area contributed by atoms with E-state index < -0.39 is 5.82 Å². The smallest absolute Gasteiger partial charge is 0.264 e. The summed E-state index contributed by atoms with van der Waals surface area (Å²) in [6.07, 6.45) is 0.164. The Morgan fingerprint density at radius 3 is 2.71 bits per heavy atom. The van der Waals surface area contributed by atoms with Gasteiger partial charge in [-0.1, -0.05) is 12.1 Å². The van der Waals surface area contributed by atoms with Crippen molar-refractivity contribution < 1.29 is 23.5 Å². The van der Waals surface area contributed by atoms with Gasteiger partial charge in [-0.15, -0.1) is 0 Å². The Kier molecular flexibility index (Phi) is 4.46. The van der Waals surface area contributed by atoms with Gasteiger partial charge in [0.15, 0.2) is 23.9 Å². The monoisotopic (exact) mass is 329 g/mol. The molecule has 5 nitrogen and oxygen atoms in total. The zero-order valence-corrected chi connectivity index (χ0v) is 13.1. The van der Waals surface area contributed by atoms with Gasteiger partial charge in [0.25, 0.3) is 5.91 Å². The van der Waals surface area contributed by atoms with Crippen molar-refractivity contribution in [1.29, 1.82) is 0 Å². The van der Waals surface area contributed by atoms with E-state index in [0.717, 1.165) is 6.07 Å². The maximum Gasteiger partial charge on any atom is 0.264 e. The summed E-state index contributed by atoms with van der Waals surface area (Å²) in [7, 11) is 1.52. The average Bonchev–Trinajstić information content (AvgIpc) is 2.60. The maximum atomic E-state index is 13.4. The highest BCUT2D eigenvalue weighted by Crippen LogP contribution is 2.29. The number of hydrogen-bond donors (Lipinski definition) is 0. The van der Waals surface area contributed by atoms with Crippen LogP contribution in [0.2, 0.25) is 0 Å². The van der Waals surface area contributed by atoms with Crippen LogP contribution in [0.4, 0.5) is 10.1 Å². The van der Waals surface area contributed by atoms with Gasteiger partial charge in [0.05, 0.1) is 12.8 Å². The minimum atomic E-state index is -0.498. The molecule has 1 amide bonds. The second kappa shape index (κ2) is 6.70. The van der Waals surface area contributed by atoms with Gasteiger partial charge in [0, 0.05) is 18.5 Å². The average molecular weight is 329 g/mol. The molecule has 3 rings (SSSR count). The molecule has 0 spiro atoms. The lowest BCUT2D eigenvalue weighted by atomic mass is 10.00. The van der Waals surface area contributed by atoms with E-state index >= 15 is 0 Å². The Morgan fingerprint density at radius 2 is 1.96 bits per heavy atom. The molecule has 124 valence electrons. The van der Waals surface area contributed by atoms with Crippen molar-refractivity contribution in [2.75, 3.05) is 25.2 Å². The predicted molar refractivity (Wildman–Crippen MR) is 86.2 cm³/mol. The number of halogens is 1. The number of carbonyl (C=O) groups is 2. The van der Waals surface area contributed by atoms with Gasteiger partial charge >= 0.3 is 0 Å². The van der Waals surface area contributed by atoms with Gasteiger partial charge in [-0.25, -0.2) is 4.39 Å². The van der Waals surface area contributed by atoms with Crippen molar-refractivity contribution in [3.8, 4) is 11.5 Å². The molecule has 2 aromatic carbocycles. The standard InChI is InChI=1S/C18H16FNO4/c1-23-16-4-2-3-5-17(16)24-11-18(22)20-9-8-15(21)13-10-12(19)6-7-14(13)20/h2-7,10H,8-9,11H2,1H3. The number of ketones is 1. The van der Waals surface area contributed by atoms with E-state index in [0.29, 0.717) is 17.2 Å². The van der Waals surface area contributed by atoms with Crippen LogP contribution in [0.15, 0.2) is 42.5 Å². The van der Waals surface area contributed by atoms with Gasteiger partial charge in [-0.3, -0.25) is 9.59 Å². The molecule has 0 saturated carbocycles. The number of ether oxygens (including phenoxy) is 2. The Hall–Kier alpha value is -2.89. The van der Waals surface area contributed by atoms with Gasteiger partial charge in [0.1, 0.15) is 5.82 Å². The number of carbonyl (C=O) groups excluding carboxylic acids is 2. The van der Waals surface area contributed by atoms with Gasteiger partial charge in [-0.05, 0) is 30.3 Å². The summed E-state index contributed by atoms with van der Waals surface area (Å²) in [6, 6.07) is 10.9. The van der Waals surface area contributed by atoms with Crippen LogP contribution in [0.25, 0.3) is 0 Å². The van der Waals surface area contributed by atoms with Gasteiger partial charge < -0.3 is 14.4 Å². The number of hydrogen-bond acceptors (Lipinski definition) is 4. The van der Waals surface area contributed by atoms with Crippen molar-refractivity contribution in [2.24, 2.45) is 0 Å². The molecule has 0 aliphatic carbocycles. The fourth-order valence-corrected chi connectivity index (χ4v) is 2.65. The van der Waals surface area contributed by atoms with Crippen LogP contribution in [0, 0.1) is 5.82 Å². The number of amides is 1. The van der Waals surface area contributed by atoms with E-state index in [1.165, 1.54) is 24.1 Å². The predicted octanol–water partition coefficient (Wildman–Crippen LogP) is 2.83. The highest BCUT2D eigenvalue weighted by atomic mass is 19.1. The molecule has 24 heavy (non-hydrogen) atoms. The first-order valence-electron chi connectivity index (χ1n) is 7.49. The number of anilines is 1. The third-order valence-electron chi connectivity index (χ3n) is 3.83. The Labute approximate surface area is 138 Å². The van der Waals surface area contributed by atoms with E-state index in [4.69, 9.17) is 9.47 Å². The highest BCUT2D eigenvalue weighted by Gasteiger charge is 2.28. The topological polar surface area (TPSA) is 55.8 Å². The normalized spacial score (nSPS) is 13.4. The SMILES string of the molecule is COc1ccccc1OCC(=O)N1CCC(=O)c2cc(F)ccc21. The summed E-state index contributed by atoms with van der Waals surface area (Å²) >= 11 is 0. The number of para-hydroxylation sites is 2. The summed E-state index contributed by atoms with van der Waals surface area (Å²) in [5.74, 6) is 0.0180. The maximum absolute atomic E-state index is 13.4. The van der Waals surface area contributed by atoms with Gasteiger partial charge in [0.2, 0.25) is 0 Å². The molecule has 0 N–H and O–H groups in total. The second-order valence-electron chi connectivity index (χ2n) is 5.32. The van der Waals surface area contributed by atoms with E-state index in [-0.39, 0.29) is 36.8 Å². The van der Waals surface area contributed by atoms with Crippen LogP contribution in [-0.2, 0) is 4.79 Å². The van der Waals surface area contributed by atoms with E-state index in [9.17, 15) is 14.0 Å². The summed E-state index contributed by atoms with van der Waals surface area (Å²) in [4.78, 5) is 25.8. The van der Waals surface area contributed by atoms with Crippen molar-refractivity contribution in [1.82, 2.24) is 0 Å². The molecule has 0 saturated heterocycles. The molecule has 1 aliphatic heterocycles. The first kappa shape index (κ1) is 16.0. The van der Waals surface area contributed by atoms with E-state index in [1.807, 2.05) is 0 Å². The third-order valence-corrected chi connectivity index (χ3v) is 3.83. The molecule has 0 bridgehead atoms. The van der Waals surface area contributed by atoms with Crippen LogP contribution >= 0.6 is 0 Å². The van der Waals surface area contributed by atoms with Crippen LogP contribution < -0.4 is 14.4 Å². The van der Waals surface area contributed by atoms with E-state index in [1.54, 1.807) is 24.3 Å². The molecule has 1 heterocycles. The summed E-state index contributed by atoms with van der Waals surface area (Å²) in [5.41, 5.74) is 0.646. The van der Waals surface area contributed by atoms with Crippen molar-refractivity contribution in [2.45, 2.75) is 6.42 Å². The summed E-state index contributed by atoms with van der Waals surface area (Å²) in [6.45, 7) is 0.0525. The van der Waals surface area contributed by atoms with Crippen LogP contribution in [-0.4, -0.2) is 32.0 Å². The lowest BCUT2D eigenvalue weighted by Crippen LogP contribution is -2.40. The first-order valence-corrected chi connectivity index (χ1v) is 7.49. The molecule has 0 unspecified atom stereocenters. The van der Waals surface area contributed by atoms with Crippen molar-refractivity contribution in [3.63, 3.8) is 0 Å². The Balaban J connectivity index is 1.77. The molecular formula is C18H16FNO4. The molecule has 0 radical (unpaired) electrons. The summed E-state index contributed by atoms with van der Waals surface area (Å²) < 4.78 is 24.1. The van der Waals surface area contributed by atoms with Crippen molar-refractivity contribution >= 4 is 17.4 Å². The van der Waals surface area contributed by atoms with Crippen LogP contribution in [0.3, 0.4) is 0 Å². The number of Topliss-reactive ketones (excluding diaryl/α,β-unsaturated/α-hetero) is 1. The lowest BCUT2D eigenvalue weighted by Gasteiger charge is -2.28. The quantitative estimate of drug-likeness (QED) is 0.865. The van der Waals surface area contributed by atoms with E-state index in [2.05, 4.69) is 0 Å². The van der Waals surface area contributed by atoms with Crippen LogP contribution in [0.5, 0.6) is 11.5 Å². The Morgan fingerprint density at radius 1 is 1.21 bits per heavy atom. The first-order chi connectivity index (χ1) is 11.6.